The van der Waals surface area contributed by atoms with Crippen LogP contribution in [0.4, 0.5) is 10.1 Å². The lowest BCUT2D eigenvalue weighted by Gasteiger charge is -2.10. The molecule has 0 spiro atoms. The first kappa shape index (κ1) is 15.1. The molecule has 0 aromatic heterocycles. The standard InChI is InChI=1S/C16H11ClFNO2S/c1-22-15-12-11(17)7-6-10(13(12)19-16(15)21)14(20)8-2-4-9(18)5-3-8/h2-7,15H,1H3,(H,19,21). The van der Waals surface area contributed by atoms with Crippen LogP contribution in [-0.4, -0.2) is 17.9 Å². The third-order valence-corrected chi connectivity index (χ3v) is 4.78. The summed E-state index contributed by atoms with van der Waals surface area (Å²) in [6.45, 7) is 0. The van der Waals surface area contributed by atoms with Crippen LogP contribution in [0.15, 0.2) is 36.4 Å². The highest BCUT2D eigenvalue weighted by atomic mass is 35.5. The molecule has 3 rings (SSSR count). The number of nitrogens with one attached hydrogen (secondary N) is 1. The maximum Gasteiger partial charge on any atom is 0.242 e. The van der Waals surface area contributed by atoms with Gasteiger partial charge in [0, 0.05) is 21.7 Å². The average molecular weight is 336 g/mol. The van der Waals surface area contributed by atoms with Gasteiger partial charge in [-0.1, -0.05) is 11.6 Å². The molecule has 22 heavy (non-hydrogen) atoms. The Balaban J connectivity index is 2.10. The van der Waals surface area contributed by atoms with Crippen molar-refractivity contribution in [3.05, 3.63) is 63.9 Å². The molecule has 2 aromatic carbocycles. The van der Waals surface area contributed by atoms with Crippen molar-refractivity contribution in [3.63, 3.8) is 0 Å². The number of carbonyl (C=O) groups is 2. The van der Waals surface area contributed by atoms with Crippen LogP contribution in [0.2, 0.25) is 5.02 Å². The summed E-state index contributed by atoms with van der Waals surface area (Å²) in [7, 11) is 0. The molecule has 0 bridgehead atoms. The Morgan fingerprint density at radius 3 is 2.55 bits per heavy atom. The second-order valence-electron chi connectivity index (χ2n) is 4.82. The fourth-order valence-corrected chi connectivity index (χ4v) is 3.56. The van der Waals surface area contributed by atoms with Crippen molar-refractivity contribution in [3.8, 4) is 0 Å². The Hall–Kier alpha value is -1.85. The maximum absolute atomic E-state index is 13.0. The van der Waals surface area contributed by atoms with E-state index in [0.717, 1.165) is 0 Å². The van der Waals surface area contributed by atoms with E-state index in [1.54, 1.807) is 12.1 Å². The van der Waals surface area contributed by atoms with E-state index in [1.165, 1.54) is 36.0 Å². The Labute approximate surface area is 135 Å². The molecule has 0 saturated carbocycles. The number of rotatable bonds is 3. The number of benzene rings is 2. The summed E-state index contributed by atoms with van der Waals surface area (Å²) < 4.78 is 13.0. The van der Waals surface area contributed by atoms with E-state index >= 15 is 0 Å². The Morgan fingerprint density at radius 1 is 1.23 bits per heavy atom. The first-order valence-corrected chi connectivity index (χ1v) is 8.16. The molecule has 112 valence electrons. The number of carbonyl (C=O) groups excluding carboxylic acids is 2. The molecular formula is C16H11ClFNO2S. The number of halogens is 2. The van der Waals surface area contributed by atoms with Crippen molar-refractivity contribution in [2.45, 2.75) is 5.25 Å². The molecule has 3 nitrogen and oxygen atoms in total. The van der Waals surface area contributed by atoms with Gasteiger partial charge in [0.1, 0.15) is 11.1 Å². The fraction of sp³-hybridized carbons (Fsp3) is 0.125. The van der Waals surface area contributed by atoms with Gasteiger partial charge in [-0.3, -0.25) is 9.59 Å². The smallest absolute Gasteiger partial charge is 0.242 e. The summed E-state index contributed by atoms with van der Waals surface area (Å²) in [6, 6.07) is 8.48. The van der Waals surface area contributed by atoms with Crippen LogP contribution < -0.4 is 5.32 Å². The zero-order chi connectivity index (χ0) is 15.9. The van der Waals surface area contributed by atoms with Crippen molar-refractivity contribution < 1.29 is 14.0 Å². The number of thioether (sulfide) groups is 1. The van der Waals surface area contributed by atoms with Gasteiger partial charge in [0.25, 0.3) is 0 Å². The molecule has 1 aliphatic heterocycles. The summed E-state index contributed by atoms with van der Waals surface area (Å²) >= 11 is 7.54. The van der Waals surface area contributed by atoms with Crippen molar-refractivity contribution >= 4 is 40.7 Å². The summed E-state index contributed by atoms with van der Waals surface area (Å²) in [5.74, 6) is -0.882. The zero-order valence-corrected chi connectivity index (χ0v) is 13.1. The van der Waals surface area contributed by atoms with Gasteiger partial charge < -0.3 is 5.32 Å². The topological polar surface area (TPSA) is 46.2 Å². The maximum atomic E-state index is 13.0. The van der Waals surface area contributed by atoms with Crippen LogP contribution in [0.3, 0.4) is 0 Å². The van der Waals surface area contributed by atoms with Crippen LogP contribution in [0, 0.1) is 5.82 Å². The summed E-state index contributed by atoms with van der Waals surface area (Å²) in [6.07, 6.45) is 1.81. The minimum absolute atomic E-state index is 0.191. The van der Waals surface area contributed by atoms with E-state index in [2.05, 4.69) is 5.32 Å². The molecule has 1 N–H and O–H groups in total. The van der Waals surface area contributed by atoms with Gasteiger partial charge in [0.15, 0.2) is 5.78 Å². The minimum atomic E-state index is -0.427. The first-order chi connectivity index (χ1) is 10.5. The van der Waals surface area contributed by atoms with E-state index in [9.17, 15) is 14.0 Å². The number of anilines is 1. The normalized spacial score (nSPS) is 16.3. The fourth-order valence-electron chi connectivity index (χ4n) is 2.48. The Kier molecular flexibility index (Phi) is 3.93. The number of hydrogen-bond acceptors (Lipinski definition) is 3. The number of hydrogen-bond donors (Lipinski definition) is 1. The van der Waals surface area contributed by atoms with Crippen LogP contribution in [-0.2, 0) is 4.79 Å². The summed E-state index contributed by atoms with van der Waals surface area (Å²) in [4.78, 5) is 24.6. The summed E-state index contributed by atoms with van der Waals surface area (Å²) in [5, 5.41) is 2.75. The molecule has 1 amide bonds. The lowest BCUT2D eigenvalue weighted by Crippen LogP contribution is -2.10. The second-order valence-corrected chi connectivity index (χ2v) is 6.17. The van der Waals surface area contributed by atoms with Gasteiger partial charge in [-0.25, -0.2) is 4.39 Å². The van der Waals surface area contributed by atoms with Crippen molar-refractivity contribution in [1.82, 2.24) is 0 Å². The van der Waals surface area contributed by atoms with Crippen LogP contribution >= 0.6 is 23.4 Å². The van der Waals surface area contributed by atoms with Crippen LogP contribution in [0.25, 0.3) is 0 Å². The predicted octanol–water partition coefficient (Wildman–Crippen LogP) is 4.07. The SMILES string of the molecule is CSC1C(=O)Nc2c(C(=O)c3ccc(F)cc3)ccc(Cl)c21. The highest BCUT2D eigenvalue weighted by molar-refractivity contribution is 7.99. The van der Waals surface area contributed by atoms with Crippen LogP contribution in [0.1, 0.15) is 26.7 Å². The average Bonchev–Trinajstić information content (AvgIpc) is 2.85. The number of ketones is 1. The lowest BCUT2D eigenvalue weighted by atomic mass is 9.99. The van der Waals surface area contributed by atoms with Crippen LogP contribution in [0.5, 0.6) is 0 Å². The molecule has 0 fully saturated rings. The van der Waals surface area contributed by atoms with Gasteiger partial charge >= 0.3 is 0 Å². The predicted molar refractivity (Wildman–Crippen MR) is 86.2 cm³/mol. The molecule has 1 atom stereocenters. The molecule has 1 unspecified atom stereocenters. The van der Waals surface area contributed by atoms with Gasteiger partial charge in [0.2, 0.25) is 5.91 Å². The van der Waals surface area contributed by atoms with E-state index in [-0.39, 0.29) is 11.7 Å². The van der Waals surface area contributed by atoms with Crippen molar-refractivity contribution in [2.75, 3.05) is 11.6 Å². The number of fused-ring (bicyclic) bond motifs is 1. The zero-order valence-electron chi connectivity index (χ0n) is 11.5. The minimum Gasteiger partial charge on any atom is -0.324 e. The molecule has 1 aliphatic rings. The second kappa shape index (κ2) is 5.74. The molecule has 6 heteroatoms. The van der Waals surface area contributed by atoms with Crippen molar-refractivity contribution in [2.24, 2.45) is 0 Å². The Morgan fingerprint density at radius 2 is 1.91 bits per heavy atom. The lowest BCUT2D eigenvalue weighted by molar-refractivity contribution is -0.115. The van der Waals surface area contributed by atoms with E-state index in [1.807, 2.05) is 6.26 Å². The monoisotopic (exact) mass is 335 g/mol. The Bertz CT molecular complexity index is 776. The third-order valence-electron chi connectivity index (χ3n) is 3.53. The number of amides is 1. The summed E-state index contributed by atoms with van der Waals surface area (Å²) in [5.41, 5.74) is 1.79. The van der Waals surface area contributed by atoms with E-state index in [4.69, 9.17) is 11.6 Å². The molecule has 0 aliphatic carbocycles. The van der Waals surface area contributed by atoms with E-state index < -0.39 is 11.1 Å². The third kappa shape index (κ3) is 2.40. The highest BCUT2D eigenvalue weighted by Gasteiger charge is 2.35. The van der Waals surface area contributed by atoms with Gasteiger partial charge in [0.05, 0.1) is 5.69 Å². The quantitative estimate of drug-likeness (QED) is 0.860. The highest BCUT2D eigenvalue weighted by Crippen LogP contribution is 2.45. The van der Waals surface area contributed by atoms with Gasteiger partial charge in [-0.05, 0) is 42.7 Å². The van der Waals surface area contributed by atoms with Crippen molar-refractivity contribution in [1.29, 1.82) is 0 Å². The molecule has 0 saturated heterocycles. The molecule has 2 aromatic rings. The van der Waals surface area contributed by atoms with E-state index in [0.29, 0.717) is 27.4 Å². The van der Waals surface area contributed by atoms with Gasteiger partial charge in [-0.2, -0.15) is 0 Å². The first-order valence-electron chi connectivity index (χ1n) is 6.49. The molecule has 1 heterocycles. The molecular weight excluding hydrogens is 325 g/mol. The molecule has 0 radical (unpaired) electrons. The van der Waals surface area contributed by atoms with Gasteiger partial charge in [-0.15, -0.1) is 11.8 Å². The largest absolute Gasteiger partial charge is 0.324 e.